The third-order valence-electron chi connectivity index (χ3n) is 4.39. The van der Waals surface area contributed by atoms with Crippen molar-refractivity contribution in [3.63, 3.8) is 0 Å². The lowest BCUT2D eigenvalue weighted by molar-refractivity contribution is -0.122. The van der Waals surface area contributed by atoms with Crippen LogP contribution in [0.1, 0.15) is 23.2 Å². The first-order valence-corrected chi connectivity index (χ1v) is 10.3. The number of hydrogen-bond acceptors (Lipinski definition) is 5. The van der Waals surface area contributed by atoms with Gasteiger partial charge in [0.2, 0.25) is 10.0 Å². The van der Waals surface area contributed by atoms with Crippen LogP contribution in [0.2, 0.25) is 0 Å². The molecule has 1 aromatic carbocycles. The quantitative estimate of drug-likeness (QED) is 0.669. The van der Waals surface area contributed by atoms with Gasteiger partial charge in [0, 0.05) is 30.9 Å². The summed E-state index contributed by atoms with van der Waals surface area (Å²) in [6.07, 6.45) is 2.65. The molecule has 0 bridgehead atoms. The van der Waals surface area contributed by atoms with Crippen molar-refractivity contribution in [2.75, 3.05) is 13.1 Å². The monoisotopic (exact) mass is 422 g/mol. The minimum Gasteiger partial charge on any atom is -0.305 e. The van der Waals surface area contributed by atoms with Crippen molar-refractivity contribution in [3.8, 4) is 0 Å². The Balaban J connectivity index is 1.66. The molecule has 3 rings (SSSR count). The molecule has 2 heterocycles. The van der Waals surface area contributed by atoms with E-state index >= 15 is 0 Å². The van der Waals surface area contributed by atoms with Gasteiger partial charge in [0.05, 0.1) is 4.90 Å². The van der Waals surface area contributed by atoms with Crippen LogP contribution in [0, 0.1) is 5.82 Å². The normalized spacial score (nSPS) is 14.5. The molecule has 0 aliphatic carbocycles. The van der Waals surface area contributed by atoms with E-state index in [1.165, 1.54) is 22.5 Å². The SMILES string of the molecule is O=C(Cn1cc(S(=O)(=O)N2CCCC2)ccc1=O)NNC(=O)c1ccc(F)cc1. The predicted molar refractivity (Wildman–Crippen MR) is 101 cm³/mol. The molecule has 2 aromatic rings. The molecule has 1 aliphatic rings. The molecular weight excluding hydrogens is 403 g/mol. The lowest BCUT2D eigenvalue weighted by Gasteiger charge is -2.16. The maximum absolute atomic E-state index is 12.9. The van der Waals surface area contributed by atoms with Gasteiger partial charge in [-0.2, -0.15) is 4.31 Å². The molecule has 2 amide bonds. The largest absolute Gasteiger partial charge is 0.305 e. The number of carbonyl (C=O) groups is 2. The summed E-state index contributed by atoms with van der Waals surface area (Å²) in [6, 6.07) is 6.97. The first kappa shape index (κ1) is 20.7. The van der Waals surface area contributed by atoms with Gasteiger partial charge in [-0.1, -0.05) is 0 Å². The minimum atomic E-state index is -3.74. The van der Waals surface area contributed by atoms with E-state index in [0.29, 0.717) is 13.1 Å². The first-order chi connectivity index (χ1) is 13.8. The van der Waals surface area contributed by atoms with Crippen LogP contribution in [-0.4, -0.2) is 42.2 Å². The zero-order valence-electron chi connectivity index (χ0n) is 15.3. The number of halogens is 1. The second-order valence-electron chi connectivity index (χ2n) is 6.45. The Morgan fingerprint density at radius 3 is 2.31 bits per heavy atom. The minimum absolute atomic E-state index is 0.0813. The highest BCUT2D eigenvalue weighted by molar-refractivity contribution is 7.89. The number of sulfonamides is 1. The molecule has 29 heavy (non-hydrogen) atoms. The third-order valence-corrected chi connectivity index (χ3v) is 6.28. The Bertz CT molecular complexity index is 1080. The van der Waals surface area contributed by atoms with Gasteiger partial charge >= 0.3 is 0 Å². The van der Waals surface area contributed by atoms with Gasteiger partial charge < -0.3 is 4.57 Å². The van der Waals surface area contributed by atoms with Crippen molar-refractivity contribution in [2.45, 2.75) is 24.3 Å². The number of benzene rings is 1. The van der Waals surface area contributed by atoms with E-state index in [2.05, 4.69) is 10.9 Å². The van der Waals surface area contributed by atoms with Gasteiger partial charge in [-0.15, -0.1) is 0 Å². The summed E-state index contributed by atoms with van der Waals surface area (Å²) in [5.41, 5.74) is 3.84. The molecule has 9 nitrogen and oxygen atoms in total. The Labute approximate surface area is 166 Å². The molecular formula is C18H19FN4O5S. The number of rotatable bonds is 5. The fraction of sp³-hybridized carbons (Fsp3) is 0.278. The van der Waals surface area contributed by atoms with Crippen molar-refractivity contribution in [1.29, 1.82) is 0 Å². The van der Waals surface area contributed by atoms with E-state index in [1.807, 2.05) is 0 Å². The van der Waals surface area contributed by atoms with E-state index < -0.39 is 39.8 Å². The summed E-state index contributed by atoms with van der Waals surface area (Å²) < 4.78 is 40.4. The van der Waals surface area contributed by atoms with Crippen LogP contribution < -0.4 is 16.4 Å². The lowest BCUT2D eigenvalue weighted by Crippen LogP contribution is -2.44. The van der Waals surface area contributed by atoms with Crippen LogP contribution in [0.25, 0.3) is 0 Å². The average Bonchev–Trinajstić information content (AvgIpc) is 3.24. The van der Waals surface area contributed by atoms with E-state index in [0.717, 1.165) is 41.8 Å². The Morgan fingerprint density at radius 2 is 1.66 bits per heavy atom. The molecule has 1 aromatic heterocycles. The molecule has 1 saturated heterocycles. The van der Waals surface area contributed by atoms with Gasteiger partial charge in [0.1, 0.15) is 12.4 Å². The van der Waals surface area contributed by atoms with Crippen LogP contribution in [0.3, 0.4) is 0 Å². The Hall–Kier alpha value is -3.05. The standard InChI is InChI=1S/C18H19FN4O5S/c19-14-5-3-13(4-6-14)18(26)21-20-16(24)12-22-11-15(7-8-17(22)25)29(27,28)23-9-1-2-10-23/h3-8,11H,1-2,9-10,12H2,(H,20,24)(H,21,26). The molecule has 0 saturated carbocycles. The Kier molecular flexibility index (Phi) is 6.09. The fourth-order valence-electron chi connectivity index (χ4n) is 2.86. The average molecular weight is 422 g/mol. The number of carbonyl (C=O) groups excluding carboxylic acids is 2. The lowest BCUT2D eigenvalue weighted by atomic mass is 10.2. The second kappa shape index (κ2) is 8.53. The zero-order valence-corrected chi connectivity index (χ0v) is 16.1. The highest BCUT2D eigenvalue weighted by Crippen LogP contribution is 2.19. The molecule has 0 atom stereocenters. The van der Waals surface area contributed by atoms with E-state index in [1.54, 1.807) is 0 Å². The van der Waals surface area contributed by atoms with Gasteiger partial charge in [-0.05, 0) is 43.2 Å². The highest BCUT2D eigenvalue weighted by atomic mass is 32.2. The van der Waals surface area contributed by atoms with Crippen LogP contribution in [0.15, 0.2) is 52.3 Å². The van der Waals surface area contributed by atoms with Crippen molar-refractivity contribution in [2.24, 2.45) is 0 Å². The highest BCUT2D eigenvalue weighted by Gasteiger charge is 2.27. The van der Waals surface area contributed by atoms with Crippen molar-refractivity contribution in [3.05, 3.63) is 64.3 Å². The first-order valence-electron chi connectivity index (χ1n) is 8.83. The zero-order chi connectivity index (χ0) is 21.0. The third kappa shape index (κ3) is 4.87. The molecule has 154 valence electrons. The summed E-state index contributed by atoms with van der Waals surface area (Å²) in [4.78, 5) is 35.9. The smallest absolute Gasteiger partial charge is 0.269 e. The van der Waals surface area contributed by atoms with Crippen LogP contribution in [0.5, 0.6) is 0 Å². The number of hydrogen-bond donors (Lipinski definition) is 2. The van der Waals surface area contributed by atoms with Crippen molar-refractivity contribution in [1.82, 2.24) is 19.7 Å². The van der Waals surface area contributed by atoms with E-state index in [-0.39, 0.29) is 10.5 Å². The van der Waals surface area contributed by atoms with Gasteiger partial charge in [0.25, 0.3) is 17.4 Å². The summed E-state index contributed by atoms with van der Waals surface area (Å²) in [5, 5.41) is 0. The summed E-state index contributed by atoms with van der Waals surface area (Å²) in [6.45, 7) is 0.334. The molecule has 0 radical (unpaired) electrons. The predicted octanol–water partition coefficient (Wildman–Crippen LogP) is 0.233. The van der Waals surface area contributed by atoms with Crippen LogP contribution in [0.4, 0.5) is 4.39 Å². The van der Waals surface area contributed by atoms with Crippen LogP contribution >= 0.6 is 0 Å². The number of nitrogens with one attached hydrogen (secondary N) is 2. The van der Waals surface area contributed by atoms with E-state index in [9.17, 15) is 27.2 Å². The summed E-state index contributed by atoms with van der Waals surface area (Å²) >= 11 is 0. The van der Waals surface area contributed by atoms with Gasteiger partial charge in [-0.25, -0.2) is 12.8 Å². The van der Waals surface area contributed by atoms with Crippen molar-refractivity contribution < 1.29 is 22.4 Å². The number of nitrogens with zero attached hydrogens (tertiary/aromatic N) is 2. The Morgan fingerprint density at radius 1 is 1.00 bits per heavy atom. The molecule has 1 aliphatic heterocycles. The van der Waals surface area contributed by atoms with Gasteiger partial charge in [-0.3, -0.25) is 25.2 Å². The summed E-state index contributed by atoms with van der Waals surface area (Å²) in [5.74, 6) is -1.91. The molecule has 0 spiro atoms. The maximum Gasteiger partial charge on any atom is 0.269 e. The second-order valence-corrected chi connectivity index (χ2v) is 8.39. The molecule has 1 fully saturated rings. The van der Waals surface area contributed by atoms with Crippen molar-refractivity contribution >= 4 is 21.8 Å². The molecule has 0 unspecified atom stereocenters. The number of amides is 2. The van der Waals surface area contributed by atoms with Crippen LogP contribution in [-0.2, 0) is 21.4 Å². The topological polar surface area (TPSA) is 118 Å². The van der Waals surface area contributed by atoms with Gasteiger partial charge in [0.15, 0.2) is 0 Å². The summed E-state index contributed by atoms with van der Waals surface area (Å²) in [7, 11) is -3.74. The molecule has 2 N–H and O–H groups in total. The molecule has 11 heteroatoms. The number of hydrazine groups is 1. The fourth-order valence-corrected chi connectivity index (χ4v) is 4.39. The maximum atomic E-state index is 12.9. The van der Waals surface area contributed by atoms with E-state index in [4.69, 9.17) is 0 Å². The number of aromatic nitrogens is 1. The number of pyridine rings is 1.